The molecule has 0 bridgehead atoms. The summed E-state index contributed by atoms with van der Waals surface area (Å²) in [4.78, 5) is 28.9. The Hall–Kier alpha value is -2.87. The first-order valence-electron chi connectivity index (χ1n) is 10.0. The minimum atomic E-state index is -0.0526. The second-order valence-corrected chi connectivity index (χ2v) is 7.41. The average molecular weight is 398 g/mol. The molecule has 8 nitrogen and oxygen atoms in total. The van der Waals surface area contributed by atoms with Crippen LogP contribution >= 0.6 is 0 Å². The molecule has 0 spiro atoms. The lowest BCUT2D eigenvalue weighted by atomic mass is 10.2. The van der Waals surface area contributed by atoms with Crippen molar-refractivity contribution in [2.45, 2.75) is 18.9 Å². The van der Waals surface area contributed by atoms with Crippen molar-refractivity contribution in [1.29, 1.82) is 0 Å². The fourth-order valence-corrected chi connectivity index (χ4v) is 3.79. The largest absolute Gasteiger partial charge is 0.491 e. The number of carbonyl (C=O) groups excluding carboxylic acids is 2. The van der Waals surface area contributed by atoms with Crippen LogP contribution in [0.1, 0.15) is 33.7 Å². The Bertz CT molecular complexity index is 858. The topological polar surface area (TPSA) is 76.9 Å². The fourth-order valence-electron chi connectivity index (χ4n) is 3.79. The van der Waals surface area contributed by atoms with Crippen LogP contribution in [0.2, 0.25) is 0 Å². The Morgan fingerprint density at radius 1 is 1.10 bits per heavy atom. The van der Waals surface area contributed by atoms with Gasteiger partial charge in [-0.05, 0) is 43.2 Å². The summed E-state index contributed by atoms with van der Waals surface area (Å²) in [5.74, 6) is 0.659. The summed E-state index contributed by atoms with van der Waals surface area (Å²) >= 11 is 0. The number of nitrogens with zero attached hydrogens (tertiary/aromatic N) is 4. The molecule has 2 aliphatic heterocycles. The maximum Gasteiger partial charge on any atom is 0.274 e. The Labute approximate surface area is 170 Å². The summed E-state index contributed by atoms with van der Waals surface area (Å²) in [6, 6.07) is 8.97. The zero-order valence-corrected chi connectivity index (χ0v) is 16.6. The maximum atomic E-state index is 12.7. The number of hydrogen-bond acceptors (Lipinski definition) is 5. The van der Waals surface area contributed by atoms with Gasteiger partial charge in [0.25, 0.3) is 11.8 Å². The predicted octanol–water partition coefficient (Wildman–Crippen LogP) is 1.58. The molecule has 2 aromatic rings. The van der Waals surface area contributed by atoms with Gasteiger partial charge in [-0.25, -0.2) is 0 Å². The van der Waals surface area contributed by atoms with Gasteiger partial charge in [-0.1, -0.05) is 0 Å². The van der Waals surface area contributed by atoms with Gasteiger partial charge in [0.05, 0.1) is 19.3 Å². The highest BCUT2D eigenvalue weighted by Crippen LogP contribution is 2.22. The molecule has 1 aromatic heterocycles. The van der Waals surface area contributed by atoms with Crippen molar-refractivity contribution < 1.29 is 19.1 Å². The van der Waals surface area contributed by atoms with E-state index < -0.39 is 0 Å². The average Bonchev–Trinajstić information content (AvgIpc) is 3.41. The lowest BCUT2D eigenvalue weighted by molar-refractivity contribution is 0.0303. The van der Waals surface area contributed by atoms with Crippen LogP contribution in [0.4, 0.5) is 0 Å². The molecule has 29 heavy (non-hydrogen) atoms. The normalized spacial score (nSPS) is 19.4. The molecule has 2 fully saturated rings. The molecule has 0 radical (unpaired) electrons. The second-order valence-electron chi connectivity index (χ2n) is 7.41. The predicted molar refractivity (Wildman–Crippen MR) is 106 cm³/mol. The number of amides is 2. The van der Waals surface area contributed by atoms with Crippen LogP contribution in [-0.4, -0.2) is 76.9 Å². The van der Waals surface area contributed by atoms with E-state index in [4.69, 9.17) is 9.47 Å². The lowest BCUT2D eigenvalue weighted by Crippen LogP contribution is -2.40. The number of morpholine rings is 1. The van der Waals surface area contributed by atoms with E-state index in [2.05, 4.69) is 5.10 Å². The maximum absolute atomic E-state index is 12.7. The van der Waals surface area contributed by atoms with Gasteiger partial charge in [-0.15, -0.1) is 0 Å². The van der Waals surface area contributed by atoms with Gasteiger partial charge in [0.15, 0.2) is 0 Å². The summed E-state index contributed by atoms with van der Waals surface area (Å²) in [5.41, 5.74) is 1.11. The third kappa shape index (κ3) is 4.42. The van der Waals surface area contributed by atoms with E-state index in [1.807, 2.05) is 17.0 Å². The first-order valence-corrected chi connectivity index (χ1v) is 10.0. The van der Waals surface area contributed by atoms with Crippen molar-refractivity contribution in [3.63, 3.8) is 0 Å². The van der Waals surface area contributed by atoms with E-state index in [1.165, 1.54) is 0 Å². The van der Waals surface area contributed by atoms with E-state index in [1.54, 1.807) is 41.0 Å². The van der Waals surface area contributed by atoms with Gasteiger partial charge in [-0.3, -0.25) is 14.3 Å². The van der Waals surface area contributed by atoms with Gasteiger partial charge in [0, 0.05) is 38.4 Å². The minimum absolute atomic E-state index is 0.0165. The molecule has 1 atom stereocenters. The molecule has 0 N–H and O–H groups in total. The molecule has 1 unspecified atom stereocenters. The summed E-state index contributed by atoms with van der Waals surface area (Å²) in [7, 11) is 1.80. The smallest absolute Gasteiger partial charge is 0.274 e. The summed E-state index contributed by atoms with van der Waals surface area (Å²) in [6.45, 7) is 3.56. The van der Waals surface area contributed by atoms with Crippen molar-refractivity contribution in [3.8, 4) is 5.75 Å². The molecule has 2 saturated heterocycles. The summed E-state index contributed by atoms with van der Waals surface area (Å²) < 4.78 is 12.9. The second kappa shape index (κ2) is 8.65. The van der Waals surface area contributed by atoms with Crippen molar-refractivity contribution >= 4 is 11.8 Å². The highest BCUT2D eigenvalue weighted by Gasteiger charge is 2.31. The third-order valence-corrected chi connectivity index (χ3v) is 5.41. The molecule has 0 saturated carbocycles. The van der Waals surface area contributed by atoms with Crippen molar-refractivity contribution in [1.82, 2.24) is 19.6 Å². The highest BCUT2D eigenvalue weighted by atomic mass is 16.5. The number of ether oxygens (including phenoxy) is 2. The van der Waals surface area contributed by atoms with Gasteiger partial charge in [-0.2, -0.15) is 5.10 Å². The number of hydrogen-bond donors (Lipinski definition) is 0. The van der Waals surface area contributed by atoms with Crippen LogP contribution in [0, 0.1) is 0 Å². The number of carbonyl (C=O) groups is 2. The van der Waals surface area contributed by atoms with E-state index in [9.17, 15) is 9.59 Å². The van der Waals surface area contributed by atoms with Crippen LogP contribution in [0.5, 0.6) is 5.75 Å². The van der Waals surface area contributed by atoms with Gasteiger partial charge < -0.3 is 19.3 Å². The standard InChI is InChI=1S/C21H26N4O4/c1-23-10-8-19(22-23)21(27)25-9-2-3-17(25)15-29-18-6-4-16(5-7-18)20(26)24-11-13-28-14-12-24/h4-8,10,17H,2-3,9,11-15H2,1H3. The molecule has 1 aromatic carbocycles. The first kappa shape index (κ1) is 19.4. The van der Waals surface area contributed by atoms with E-state index in [-0.39, 0.29) is 17.9 Å². The molecule has 8 heteroatoms. The third-order valence-electron chi connectivity index (χ3n) is 5.41. The summed E-state index contributed by atoms with van der Waals surface area (Å²) in [6.07, 6.45) is 3.64. The zero-order chi connectivity index (χ0) is 20.2. The van der Waals surface area contributed by atoms with Crippen LogP contribution in [0.15, 0.2) is 36.5 Å². The molecule has 3 heterocycles. The van der Waals surface area contributed by atoms with Crippen molar-refractivity contribution in [2.75, 3.05) is 39.5 Å². The number of benzene rings is 1. The zero-order valence-electron chi connectivity index (χ0n) is 16.6. The summed E-state index contributed by atoms with van der Waals surface area (Å²) in [5, 5.41) is 4.21. The quantitative estimate of drug-likeness (QED) is 0.764. The minimum Gasteiger partial charge on any atom is -0.491 e. The van der Waals surface area contributed by atoms with E-state index >= 15 is 0 Å². The van der Waals surface area contributed by atoms with Crippen LogP contribution < -0.4 is 4.74 Å². The van der Waals surface area contributed by atoms with Gasteiger partial charge >= 0.3 is 0 Å². The lowest BCUT2D eigenvalue weighted by Gasteiger charge is -2.27. The molecule has 0 aliphatic carbocycles. The van der Waals surface area contributed by atoms with Gasteiger partial charge in [0.2, 0.25) is 0 Å². The molecular formula is C21H26N4O4. The number of likely N-dealkylation sites (tertiary alicyclic amines) is 1. The number of aromatic nitrogens is 2. The Morgan fingerprint density at radius 3 is 2.55 bits per heavy atom. The van der Waals surface area contributed by atoms with Crippen LogP contribution in [0.3, 0.4) is 0 Å². The van der Waals surface area contributed by atoms with Crippen molar-refractivity contribution in [2.24, 2.45) is 7.05 Å². The number of rotatable bonds is 5. The first-order chi connectivity index (χ1) is 14.1. The molecular weight excluding hydrogens is 372 g/mol. The monoisotopic (exact) mass is 398 g/mol. The van der Waals surface area contributed by atoms with Gasteiger partial charge in [0.1, 0.15) is 18.1 Å². The number of aryl methyl sites for hydroxylation is 1. The van der Waals surface area contributed by atoms with Crippen molar-refractivity contribution in [3.05, 3.63) is 47.8 Å². The van der Waals surface area contributed by atoms with Crippen LogP contribution in [-0.2, 0) is 11.8 Å². The Balaban J connectivity index is 1.33. The van der Waals surface area contributed by atoms with E-state index in [0.717, 1.165) is 19.4 Å². The highest BCUT2D eigenvalue weighted by molar-refractivity contribution is 5.94. The van der Waals surface area contributed by atoms with Crippen LogP contribution in [0.25, 0.3) is 0 Å². The molecule has 2 amide bonds. The molecule has 4 rings (SSSR count). The molecule has 154 valence electrons. The van der Waals surface area contributed by atoms with E-state index in [0.29, 0.717) is 49.9 Å². The SMILES string of the molecule is Cn1ccc(C(=O)N2CCCC2COc2ccc(C(=O)N3CCOCC3)cc2)n1. The Morgan fingerprint density at radius 2 is 1.86 bits per heavy atom. The molecule has 2 aliphatic rings. The Kier molecular flexibility index (Phi) is 5.80. The fraction of sp³-hybridized carbons (Fsp3) is 0.476.